The molecule has 0 saturated carbocycles. The number of hydrogen-bond donors (Lipinski definition) is 1. The van der Waals surface area contributed by atoms with E-state index in [9.17, 15) is 26.7 Å². The molecule has 0 aromatic carbocycles. The van der Waals surface area contributed by atoms with Crippen LogP contribution in [0.25, 0.3) is 0 Å². The Morgan fingerprint density at radius 2 is 1.82 bits per heavy atom. The summed E-state index contributed by atoms with van der Waals surface area (Å²) >= 11 is 0. The SMILES string of the molecule is NCC1CCCCN1C(=O)C(F)(F)C(F)(F)F. The Kier molecular flexibility index (Phi) is 3.95. The maximum Gasteiger partial charge on any atom is 0.463 e. The van der Waals surface area contributed by atoms with Crippen LogP contribution in [0.4, 0.5) is 22.0 Å². The summed E-state index contributed by atoms with van der Waals surface area (Å²) in [5.41, 5.74) is 5.26. The van der Waals surface area contributed by atoms with Gasteiger partial charge < -0.3 is 10.6 Å². The Bertz CT molecular complexity index is 292. The van der Waals surface area contributed by atoms with Gasteiger partial charge in [-0.3, -0.25) is 4.79 Å². The largest absolute Gasteiger partial charge is 0.463 e. The van der Waals surface area contributed by atoms with Crippen molar-refractivity contribution in [2.45, 2.75) is 37.4 Å². The van der Waals surface area contributed by atoms with Crippen LogP contribution in [-0.2, 0) is 4.79 Å². The molecular formula is C9H13F5N2O. The summed E-state index contributed by atoms with van der Waals surface area (Å²) in [4.78, 5) is 11.8. The number of carbonyl (C=O) groups is 1. The molecule has 3 nitrogen and oxygen atoms in total. The van der Waals surface area contributed by atoms with Gasteiger partial charge in [-0.1, -0.05) is 0 Å². The van der Waals surface area contributed by atoms with Gasteiger partial charge in [0.05, 0.1) is 0 Å². The van der Waals surface area contributed by atoms with E-state index < -0.39 is 24.0 Å². The minimum atomic E-state index is -5.86. The third-order valence-electron chi connectivity index (χ3n) is 2.78. The summed E-state index contributed by atoms with van der Waals surface area (Å²) in [6.07, 6.45) is -4.42. The van der Waals surface area contributed by atoms with Crippen LogP contribution in [0, 0.1) is 0 Å². The van der Waals surface area contributed by atoms with Crippen LogP contribution in [-0.4, -0.2) is 42.0 Å². The fourth-order valence-corrected chi connectivity index (χ4v) is 1.81. The first kappa shape index (κ1) is 14.1. The summed E-state index contributed by atoms with van der Waals surface area (Å²) in [7, 11) is 0. The zero-order chi connectivity index (χ0) is 13.3. The van der Waals surface area contributed by atoms with E-state index in [0.717, 1.165) is 0 Å². The van der Waals surface area contributed by atoms with Crippen molar-refractivity contribution in [2.24, 2.45) is 5.73 Å². The van der Waals surface area contributed by atoms with Gasteiger partial charge in [-0.15, -0.1) is 0 Å². The molecule has 0 aromatic rings. The second-order valence-electron chi connectivity index (χ2n) is 3.96. The van der Waals surface area contributed by atoms with Crippen molar-refractivity contribution in [1.82, 2.24) is 4.90 Å². The standard InChI is InChI=1S/C9H13F5N2O/c10-8(11,9(12,13)14)7(17)16-4-2-1-3-6(16)5-15/h6H,1-5,15H2. The van der Waals surface area contributed by atoms with Gasteiger partial charge in [0.2, 0.25) is 0 Å². The van der Waals surface area contributed by atoms with Crippen LogP contribution in [0.1, 0.15) is 19.3 Å². The Balaban J connectivity index is 2.87. The molecule has 1 atom stereocenters. The summed E-state index contributed by atoms with van der Waals surface area (Å²) in [6.45, 7) is -0.216. The third kappa shape index (κ3) is 2.67. The molecule has 1 heterocycles. The number of amides is 1. The van der Waals surface area contributed by atoms with Crippen LogP contribution in [0.3, 0.4) is 0 Å². The molecule has 0 aliphatic carbocycles. The zero-order valence-corrected chi connectivity index (χ0v) is 8.94. The molecular weight excluding hydrogens is 247 g/mol. The molecule has 2 N–H and O–H groups in total. The maximum absolute atomic E-state index is 12.9. The van der Waals surface area contributed by atoms with Gasteiger partial charge in [0.15, 0.2) is 0 Å². The molecule has 8 heteroatoms. The van der Waals surface area contributed by atoms with Crippen molar-refractivity contribution in [1.29, 1.82) is 0 Å². The molecule has 1 saturated heterocycles. The Morgan fingerprint density at radius 3 is 2.29 bits per heavy atom. The van der Waals surface area contributed by atoms with Gasteiger partial charge in [-0.2, -0.15) is 22.0 Å². The summed E-state index contributed by atoms with van der Waals surface area (Å²) < 4.78 is 61.8. The molecule has 1 amide bonds. The van der Waals surface area contributed by atoms with Crippen molar-refractivity contribution in [3.8, 4) is 0 Å². The number of piperidine rings is 1. The lowest BCUT2D eigenvalue weighted by atomic mass is 10.0. The first-order chi connectivity index (χ1) is 7.71. The number of hydrogen-bond acceptors (Lipinski definition) is 2. The van der Waals surface area contributed by atoms with Gasteiger partial charge in [-0.25, -0.2) is 0 Å². The van der Waals surface area contributed by atoms with E-state index in [1.165, 1.54) is 0 Å². The molecule has 100 valence electrons. The number of halogens is 5. The van der Waals surface area contributed by atoms with Crippen LogP contribution < -0.4 is 5.73 Å². The van der Waals surface area contributed by atoms with E-state index in [-0.39, 0.29) is 13.1 Å². The van der Waals surface area contributed by atoms with Crippen molar-refractivity contribution in [2.75, 3.05) is 13.1 Å². The molecule has 1 rings (SSSR count). The van der Waals surface area contributed by atoms with Crippen molar-refractivity contribution in [3.05, 3.63) is 0 Å². The Hall–Kier alpha value is -0.920. The normalized spacial score (nSPS) is 22.7. The van der Waals surface area contributed by atoms with Gasteiger partial charge in [0.1, 0.15) is 0 Å². The summed E-state index contributed by atoms with van der Waals surface area (Å²) in [6, 6.07) is -0.732. The highest BCUT2D eigenvalue weighted by atomic mass is 19.4. The highest BCUT2D eigenvalue weighted by molar-refractivity contribution is 5.84. The molecule has 1 aliphatic rings. The molecule has 1 fully saturated rings. The van der Waals surface area contributed by atoms with Gasteiger partial charge >= 0.3 is 18.0 Å². The van der Waals surface area contributed by atoms with E-state index in [4.69, 9.17) is 5.73 Å². The van der Waals surface area contributed by atoms with Gasteiger partial charge in [0.25, 0.3) is 0 Å². The molecule has 1 unspecified atom stereocenters. The minimum absolute atomic E-state index is 0.105. The molecule has 17 heavy (non-hydrogen) atoms. The first-order valence-corrected chi connectivity index (χ1v) is 5.17. The Morgan fingerprint density at radius 1 is 1.24 bits per heavy atom. The van der Waals surface area contributed by atoms with Crippen molar-refractivity contribution >= 4 is 5.91 Å². The quantitative estimate of drug-likeness (QED) is 0.765. The maximum atomic E-state index is 12.9. The molecule has 0 bridgehead atoms. The fraction of sp³-hybridized carbons (Fsp3) is 0.889. The minimum Gasteiger partial charge on any atom is -0.333 e. The zero-order valence-electron chi connectivity index (χ0n) is 8.94. The number of nitrogens with two attached hydrogens (primary N) is 1. The van der Waals surface area contributed by atoms with Gasteiger partial charge in [-0.05, 0) is 19.3 Å². The predicted molar refractivity (Wildman–Crippen MR) is 49.4 cm³/mol. The van der Waals surface area contributed by atoms with Crippen molar-refractivity contribution in [3.63, 3.8) is 0 Å². The van der Waals surface area contributed by atoms with E-state index in [1.54, 1.807) is 0 Å². The second-order valence-corrected chi connectivity index (χ2v) is 3.96. The van der Waals surface area contributed by atoms with Crippen LogP contribution >= 0.6 is 0 Å². The highest BCUT2D eigenvalue weighted by Gasteiger charge is 2.65. The van der Waals surface area contributed by atoms with Crippen LogP contribution in [0.5, 0.6) is 0 Å². The van der Waals surface area contributed by atoms with E-state index in [2.05, 4.69) is 0 Å². The lowest BCUT2D eigenvalue weighted by molar-refractivity contribution is -0.275. The van der Waals surface area contributed by atoms with Crippen LogP contribution in [0.2, 0.25) is 0 Å². The number of rotatable bonds is 2. The average Bonchev–Trinajstić information content (AvgIpc) is 2.26. The topological polar surface area (TPSA) is 46.3 Å². The number of carbonyl (C=O) groups excluding carboxylic acids is 1. The molecule has 0 aromatic heterocycles. The number of nitrogens with zero attached hydrogens (tertiary/aromatic N) is 1. The van der Waals surface area contributed by atoms with E-state index >= 15 is 0 Å². The monoisotopic (exact) mass is 260 g/mol. The molecule has 0 spiro atoms. The van der Waals surface area contributed by atoms with Crippen LogP contribution in [0.15, 0.2) is 0 Å². The molecule has 1 aliphatic heterocycles. The predicted octanol–water partition coefficient (Wildman–Crippen LogP) is 1.52. The average molecular weight is 260 g/mol. The number of likely N-dealkylation sites (tertiary alicyclic amines) is 1. The van der Waals surface area contributed by atoms with E-state index in [1.807, 2.05) is 0 Å². The first-order valence-electron chi connectivity index (χ1n) is 5.17. The highest BCUT2D eigenvalue weighted by Crippen LogP contribution is 2.38. The second kappa shape index (κ2) is 4.75. The fourth-order valence-electron chi connectivity index (χ4n) is 1.81. The van der Waals surface area contributed by atoms with E-state index in [0.29, 0.717) is 24.2 Å². The summed E-state index contributed by atoms with van der Waals surface area (Å²) in [5.74, 6) is -7.53. The number of alkyl halides is 5. The summed E-state index contributed by atoms with van der Waals surface area (Å²) in [5, 5.41) is 0. The third-order valence-corrected chi connectivity index (χ3v) is 2.78. The lowest BCUT2D eigenvalue weighted by Crippen LogP contribution is -2.57. The molecule has 0 radical (unpaired) electrons. The van der Waals surface area contributed by atoms with Gasteiger partial charge in [0, 0.05) is 19.1 Å². The smallest absolute Gasteiger partial charge is 0.333 e. The Labute approximate surface area is 94.7 Å². The van der Waals surface area contributed by atoms with Crippen molar-refractivity contribution < 1.29 is 26.7 Å². The lowest BCUT2D eigenvalue weighted by Gasteiger charge is -2.37.